The van der Waals surface area contributed by atoms with Crippen molar-refractivity contribution < 1.29 is 19.2 Å². The first-order valence-corrected chi connectivity index (χ1v) is 8.41. The molecular formula is C17H27ClN3O3+. The molecule has 1 unspecified atom stereocenters. The molecule has 1 aromatic rings. The van der Waals surface area contributed by atoms with Gasteiger partial charge in [-0.1, -0.05) is 25.4 Å². The maximum Gasteiger partial charge on any atom is 0.321 e. The summed E-state index contributed by atoms with van der Waals surface area (Å²) in [6.07, 6.45) is 0.876. The first-order chi connectivity index (χ1) is 11.3. The van der Waals surface area contributed by atoms with Crippen molar-refractivity contribution in [2.24, 2.45) is 5.92 Å². The second kappa shape index (κ2) is 10.2. The molecule has 0 saturated carbocycles. The van der Waals surface area contributed by atoms with E-state index in [2.05, 4.69) is 24.5 Å². The average molecular weight is 357 g/mol. The van der Waals surface area contributed by atoms with Gasteiger partial charge in [0.2, 0.25) is 0 Å². The Kier molecular flexibility index (Phi) is 8.57. The number of likely N-dealkylation sites (N-methyl/N-ethyl adjacent to an activating group) is 1. The van der Waals surface area contributed by atoms with Crippen LogP contribution >= 0.6 is 11.6 Å². The van der Waals surface area contributed by atoms with Crippen molar-refractivity contribution in [1.29, 1.82) is 0 Å². The molecule has 1 rings (SSSR count). The van der Waals surface area contributed by atoms with Crippen LogP contribution in [0, 0.1) is 5.92 Å². The summed E-state index contributed by atoms with van der Waals surface area (Å²) in [5, 5.41) is 5.64. The molecule has 24 heavy (non-hydrogen) atoms. The quantitative estimate of drug-likeness (QED) is 0.656. The van der Waals surface area contributed by atoms with Crippen LogP contribution in [-0.2, 0) is 11.3 Å². The summed E-state index contributed by atoms with van der Waals surface area (Å²) in [7, 11) is 3.47. The Morgan fingerprint density at radius 1 is 1.33 bits per heavy atom. The van der Waals surface area contributed by atoms with E-state index in [-0.39, 0.29) is 12.5 Å². The first-order valence-electron chi connectivity index (χ1n) is 8.03. The van der Waals surface area contributed by atoms with Gasteiger partial charge in [-0.2, -0.15) is 0 Å². The van der Waals surface area contributed by atoms with Crippen LogP contribution in [0.25, 0.3) is 0 Å². The Balaban J connectivity index is 2.44. The number of benzene rings is 1. The van der Waals surface area contributed by atoms with E-state index >= 15 is 0 Å². The summed E-state index contributed by atoms with van der Waals surface area (Å²) in [5.41, 5.74) is 0.914. The molecular weight excluding hydrogens is 330 g/mol. The molecule has 0 saturated heterocycles. The normalized spacial score (nSPS) is 11.9. The topological polar surface area (TPSA) is 71.9 Å². The Morgan fingerprint density at radius 2 is 2.04 bits per heavy atom. The Bertz CT molecular complexity index is 564. The predicted octanol–water partition coefficient (Wildman–Crippen LogP) is 1.24. The third-order valence-corrected chi connectivity index (χ3v) is 3.69. The number of carbonyl (C=O) groups is 2. The molecule has 6 nitrogen and oxygen atoms in total. The minimum atomic E-state index is -0.450. The van der Waals surface area contributed by atoms with Crippen molar-refractivity contribution in [2.45, 2.75) is 26.8 Å². The zero-order chi connectivity index (χ0) is 18.1. The fraction of sp³-hybridized carbons (Fsp3) is 0.529. The fourth-order valence-corrected chi connectivity index (χ4v) is 2.43. The molecule has 3 amide bonds. The highest BCUT2D eigenvalue weighted by Crippen LogP contribution is 2.21. The second-order valence-corrected chi connectivity index (χ2v) is 6.69. The molecule has 134 valence electrons. The van der Waals surface area contributed by atoms with Gasteiger partial charge in [0.15, 0.2) is 6.54 Å². The summed E-state index contributed by atoms with van der Waals surface area (Å²) in [4.78, 5) is 24.5. The number of ether oxygens (including phenoxy) is 1. The van der Waals surface area contributed by atoms with E-state index in [4.69, 9.17) is 16.3 Å². The molecule has 0 radical (unpaired) electrons. The number of rotatable bonds is 8. The molecule has 0 heterocycles. The molecule has 0 fully saturated rings. The number of halogens is 1. The number of quaternary nitrogens is 1. The maximum atomic E-state index is 11.9. The molecule has 0 aliphatic heterocycles. The smallest absolute Gasteiger partial charge is 0.321 e. The number of hydrogen-bond acceptors (Lipinski definition) is 3. The van der Waals surface area contributed by atoms with Crippen LogP contribution < -0.4 is 20.3 Å². The SMILES string of the molecule is COc1ccc(Cl)cc1C[NH+](C)CC(=O)NC(=O)NCCC(C)C. The molecule has 7 heteroatoms. The summed E-state index contributed by atoms with van der Waals surface area (Å²) in [6.45, 7) is 5.44. The number of nitrogens with one attached hydrogen (secondary N) is 3. The lowest BCUT2D eigenvalue weighted by Gasteiger charge is -2.16. The van der Waals surface area contributed by atoms with Gasteiger partial charge in [-0.05, 0) is 30.5 Å². The van der Waals surface area contributed by atoms with Gasteiger partial charge in [-0.3, -0.25) is 10.1 Å². The second-order valence-electron chi connectivity index (χ2n) is 6.25. The molecule has 0 aliphatic rings. The highest BCUT2D eigenvalue weighted by Gasteiger charge is 2.15. The van der Waals surface area contributed by atoms with Gasteiger partial charge >= 0.3 is 6.03 Å². The van der Waals surface area contributed by atoms with Crippen molar-refractivity contribution in [1.82, 2.24) is 10.6 Å². The van der Waals surface area contributed by atoms with Crippen LogP contribution in [0.1, 0.15) is 25.8 Å². The van der Waals surface area contributed by atoms with Gasteiger partial charge in [0.1, 0.15) is 12.3 Å². The van der Waals surface area contributed by atoms with Crippen LogP contribution in [0.15, 0.2) is 18.2 Å². The van der Waals surface area contributed by atoms with E-state index in [9.17, 15) is 9.59 Å². The minimum Gasteiger partial charge on any atom is -0.496 e. The van der Waals surface area contributed by atoms with Crippen molar-refractivity contribution in [3.63, 3.8) is 0 Å². The summed E-state index contributed by atoms with van der Waals surface area (Å²) in [6, 6.07) is 4.93. The molecule has 1 aromatic carbocycles. The molecule has 0 bridgehead atoms. The van der Waals surface area contributed by atoms with E-state index in [0.29, 0.717) is 24.0 Å². The van der Waals surface area contributed by atoms with Gasteiger partial charge in [0.05, 0.1) is 14.2 Å². The summed E-state index contributed by atoms with van der Waals surface area (Å²) >= 11 is 6.01. The van der Waals surface area contributed by atoms with E-state index < -0.39 is 6.03 Å². The number of hydrogen-bond donors (Lipinski definition) is 3. The Labute approximate surface area is 148 Å². The zero-order valence-corrected chi connectivity index (χ0v) is 15.5. The number of urea groups is 1. The number of methoxy groups -OCH3 is 1. The third kappa shape index (κ3) is 7.66. The van der Waals surface area contributed by atoms with Crippen LogP contribution in [0.2, 0.25) is 5.02 Å². The highest BCUT2D eigenvalue weighted by molar-refractivity contribution is 6.30. The van der Waals surface area contributed by atoms with Gasteiger partial charge in [-0.15, -0.1) is 0 Å². The van der Waals surface area contributed by atoms with Crippen LogP contribution in [0.4, 0.5) is 4.79 Å². The Morgan fingerprint density at radius 3 is 2.67 bits per heavy atom. The molecule has 0 aliphatic carbocycles. The lowest BCUT2D eigenvalue weighted by molar-refractivity contribution is -0.885. The van der Waals surface area contributed by atoms with Gasteiger partial charge in [0, 0.05) is 17.1 Å². The molecule has 1 atom stereocenters. The van der Waals surface area contributed by atoms with Gasteiger partial charge in [-0.25, -0.2) is 4.79 Å². The predicted molar refractivity (Wildman–Crippen MR) is 94.5 cm³/mol. The van der Waals surface area contributed by atoms with Crippen LogP contribution in [-0.4, -0.2) is 39.2 Å². The number of amides is 3. The molecule has 0 aromatic heterocycles. The fourth-order valence-electron chi connectivity index (χ4n) is 2.24. The van der Waals surface area contributed by atoms with Gasteiger partial charge < -0.3 is 15.0 Å². The minimum absolute atomic E-state index is 0.174. The van der Waals surface area contributed by atoms with Crippen LogP contribution in [0.3, 0.4) is 0 Å². The maximum absolute atomic E-state index is 11.9. The van der Waals surface area contributed by atoms with E-state index in [1.165, 1.54) is 0 Å². The molecule has 3 N–H and O–H groups in total. The van der Waals surface area contributed by atoms with Crippen molar-refractivity contribution >= 4 is 23.5 Å². The van der Waals surface area contributed by atoms with Gasteiger partial charge in [0.25, 0.3) is 5.91 Å². The van der Waals surface area contributed by atoms with E-state index in [0.717, 1.165) is 22.6 Å². The zero-order valence-electron chi connectivity index (χ0n) is 14.7. The van der Waals surface area contributed by atoms with E-state index in [1.807, 2.05) is 13.1 Å². The third-order valence-electron chi connectivity index (χ3n) is 3.46. The monoisotopic (exact) mass is 356 g/mol. The van der Waals surface area contributed by atoms with Crippen molar-refractivity contribution in [3.8, 4) is 5.75 Å². The summed E-state index contributed by atoms with van der Waals surface area (Å²) in [5.74, 6) is 0.908. The lowest BCUT2D eigenvalue weighted by atomic mass is 10.1. The summed E-state index contributed by atoms with van der Waals surface area (Å²) < 4.78 is 5.30. The number of carbonyl (C=O) groups excluding carboxylic acids is 2. The largest absolute Gasteiger partial charge is 0.496 e. The lowest BCUT2D eigenvalue weighted by Crippen LogP contribution is -3.09. The Hall–Kier alpha value is -1.79. The average Bonchev–Trinajstić information content (AvgIpc) is 2.46. The highest BCUT2D eigenvalue weighted by atomic mass is 35.5. The standard InChI is InChI=1S/C17H26ClN3O3/c1-12(2)7-8-19-17(23)20-16(22)11-21(3)10-13-9-14(18)5-6-15(13)24-4/h5-6,9,12H,7-8,10-11H2,1-4H3,(H2,19,20,22,23)/p+1. The van der Waals surface area contributed by atoms with Crippen molar-refractivity contribution in [2.75, 3.05) is 27.2 Å². The van der Waals surface area contributed by atoms with Crippen molar-refractivity contribution in [3.05, 3.63) is 28.8 Å². The number of imide groups is 1. The van der Waals surface area contributed by atoms with E-state index in [1.54, 1.807) is 19.2 Å². The van der Waals surface area contributed by atoms with Crippen LogP contribution in [0.5, 0.6) is 5.75 Å². The molecule has 0 spiro atoms. The first kappa shape index (κ1) is 20.3.